The normalized spacial score (nSPS) is 17.4. The monoisotopic (exact) mass is 449 g/mol. The summed E-state index contributed by atoms with van der Waals surface area (Å²) in [5.41, 5.74) is 4.99. The van der Waals surface area contributed by atoms with Crippen molar-refractivity contribution < 1.29 is 14.3 Å². The van der Waals surface area contributed by atoms with Gasteiger partial charge in [-0.15, -0.1) is 0 Å². The van der Waals surface area contributed by atoms with Crippen molar-refractivity contribution in [1.29, 1.82) is 0 Å². The van der Waals surface area contributed by atoms with E-state index in [1.165, 1.54) is 30.4 Å². The van der Waals surface area contributed by atoms with Crippen LogP contribution in [0.1, 0.15) is 79.9 Å². The number of rotatable bonds is 7. The van der Waals surface area contributed by atoms with Crippen LogP contribution in [0.15, 0.2) is 43.0 Å². The third-order valence-electron chi connectivity index (χ3n) is 6.66. The van der Waals surface area contributed by atoms with E-state index in [-0.39, 0.29) is 17.6 Å². The van der Waals surface area contributed by atoms with Crippen molar-refractivity contribution in [2.75, 3.05) is 12.4 Å². The summed E-state index contributed by atoms with van der Waals surface area (Å²) in [6.07, 6.45) is 8.27. The number of carbonyl (C=O) groups is 2. The predicted molar refractivity (Wildman–Crippen MR) is 138 cm³/mol. The minimum Gasteiger partial charge on any atom is -0.496 e. The van der Waals surface area contributed by atoms with Crippen LogP contribution in [0.25, 0.3) is 6.08 Å². The SMILES string of the molecule is C=Cc1ccc(NC(=O)C2CCC(CC)CC2)cc1OC.CCc1c(C)cccc1C(C)=O. The van der Waals surface area contributed by atoms with Crippen molar-refractivity contribution in [1.82, 2.24) is 0 Å². The van der Waals surface area contributed by atoms with Crippen molar-refractivity contribution in [3.05, 3.63) is 65.2 Å². The summed E-state index contributed by atoms with van der Waals surface area (Å²) in [7, 11) is 1.62. The van der Waals surface area contributed by atoms with Gasteiger partial charge in [-0.1, -0.05) is 51.1 Å². The Balaban J connectivity index is 0.000000273. The standard InChI is InChI=1S/C18H25NO2.C11H14O/c1-4-13-6-8-15(9-7-13)18(20)19-16-11-10-14(5-2)17(12-16)21-3;1-4-10-8(2)6-5-7-11(10)9(3)12/h5,10-13,15H,2,4,6-9H2,1,3H3,(H,19,20);5-7H,4H2,1-3H3. The number of carbonyl (C=O) groups excluding carboxylic acids is 2. The molecule has 0 spiro atoms. The largest absolute Gasteiger partial charge is 0.496 e. The molecule has 4 heteroatoms. The van der Waals surface area contributed by atoms with E-state index >= 15 is 0 Å². The molecule has 0 aliphatic heterocycles. The van der Waals surface area contributed by atoms with Crippen LogP contribution in [-0.4, -0.2) is 18.8 Å². The zero-order chi connectivity index (χ0) is 24.4. The van der Waals surface area contributed by atoms with Crippen molar-refractivity contribution >= 4 is 23.5 Å². The lowest BCUT2D eigenvalue weighted by atomic mass is 9.80. The van der Waals surface area contributed by atoms with Gasteiger partial charge < -0.3 is 10.1 Å². The zero-order valence-electron chi connectivity index (χ0n) is 20.9. The van der Waals surface area contributed by atoms with Crippen molar-refractivity contribution in [2.45, 2.75) is 66.2 Å². The summed E-state index contributed by atoms with van der Waals surface area (Å²) in [4.78, 5) is 23.5. The van der Waals surface area contributed by atoms with E-state index in [4.69, 9.17) is 4.74 Å². The number of hydrogen-bond acceptors (Lipinski definition) is 3. The minimum absolute atomic E-state index is 0.137. The highest BCUT2D eigenvalue weighted by Gasteiger charge is 2.25. The third-order valence-corrected chi connectivity index (χ3v) is 6.66. The van der Waals surface area contributed by atoms with E-state index in [0.29, 0.717) is 0 Å². The number of Topliss-reactive ketones (excluding diaryl/α,β-unsaturated/α-hetero) is 1. The Bertz CT molecular complexity index is 955. The topological polar surface area (TPSA) is 55.4 Å². The highest BCUT2D eigenvalue weighted by molar-refractivity contribution is 5.96. The molecule has 0 radical (unpaired) electrons. The fraction of sp³-hybridized carbons (Fsp3) is 0.448. The second-order valence-corrected chi connectivity index (χ2v) is 8.79. The summed E-state index contributed by atoms with van der Waals surface area (Å²) in [5, 5.41) is 3.02. The molecular formula is C29H39NO3. The van der Waals surface area contributed by atoms with Gasteiger partial charge in [0.05, 0.1) is 7.11 Å². The summed E-state index contributed by atoms with van der Waals surface area (Å²) >= 11 is 0. The maximum Gasteiger partial charge on any atom is 0.227 e. The van der Waals surface area contributed by atoms with Gasteiger partial charge in [-0.2, -0.15) is 0 Å². The van der Waals surface area contributed by atoms with Gasteiger partial charge in [0.1, 0.15) is 5.75 Å². The first-order valence-corrected chi connectivity index (χ1v) is 12.0. The quantitative estimate of drug-likeness (QED) is 0.453. The average Bonchev–Trinajstić information content (AvgIpc) is 2.84. The maximum atomic E-state index is 12.3. The molecule has 178 valence electrons. The Kier molecular flexibility index (Phi) is 10.4. The number of anilines is 1. The van der Waals surface area contributed by atoms with E-state index in [0.717, 1.165) is 47.7 Å². The summed E-state index contributed by atoms with van der Waals surface area (Å²) < 4.78 is 5.31. The molecule has 1 amide bonds. The van der Waals surface area contributed by atoms with E-state index in [1.54, 1.807) is 20.1 Å². The van der Waals surface area contributed by atoms with Gasteiger partial charge >= 0.3 is 0 Å². The molecular weight excluding hydrogens is 410 g/mol. The van der Waals surface area contributed by atoms with Crippen molar-refractivity contribution in [3.8, 4) is 5.75 Å². The lowest BCUT2D eigenvalue weighted by Crippen LogP contribution is -2.27. The van der Waals surface area contributed by atoms with Crippen LogP contribution in [-0.2, 0) is 11.2 Å². The second-order valence-electron chi connectivity index (χ2n) is 8.79. The molecule has 1 saturated carbocycles. The van der Waals surface area contributed by atoms with Crippen LogP contribution in [0, 0.1) is 18.8 Å². The number of nitrogens with one attached hydrogen (secondary N) is 1. The number of aryl methyl sites for hydroxylation is 1. The molecule has 0 bridgehead atoms. The number of hydrogen-bond donors (Lipinski definition) is 1. The molecule has 1 aliphatic carbocycles. The lowest BCUT2D eigenvalue weighted by molar-refractivity contribution is -0.121. The number of amides is 1. The smallest absolute Gasteiger partial charge is 0.227 e. The van der Waals surface area contributed by atoms with Gasteiger partial charge in [0, 0.05) is 28.8 Å². The maximum absolute atomic E-state index is 12.3. The Morgan fingerprint density at radius 1 is 1.12 bits per heavy atom. The van der Waals surface area contributed by atoms with E-state index in [1.807, 2.05) is 43.3 Å². The molecule has 0 aromatic heterocycles. The predicted octanol–water partition coefficient (Wildman–Crippen LogP) is 7.25. The van der Waals surface area contributed by atoms with Crippen LogP contribution >= 0.6 is 0 Å². The fourth-order valence-corrected chi connectivity index (χ4v) is 4.54. The molecule has 1 aliphatic rings. The van der Waals surface area contributed by atoms with E-state index in [9.17, 15) is 9.59 Å². The second kappa shape index (κ2) is 13.0. The first-order valence-electron chi connectivity index (χ1n) is 12.0. The van der Waals surface area contributed by atoms with Crippen LogP contribution in [0.2, 0.25) is 0 Å². The van der Waals surface area contributed by atoms with Crippen molar-refractivity contribution in [3.63, 3.8) is 0 Å². The zero-order valence-corrected chi connectivity index (χ0v) is 20.9. The third kappa shape index (κ3) is 7.31. The molecule has 3 rings (SSSR count). The van der Waals surface area contributed by atoms with Gasteiger partial charge in [0.25, 0.3) is 0 Å². The van der Waals surface area contributed by atoms with Gasteiger partial charge in [-0.25, -0.2) is 0 Å². The van der Waals surface area contributed by atoms with Gasteiger partial charge in [-0.3, -0.25) is 9.59 Å². The van der Waals surface area contributed by atoms with Crippen LogP contribution in [0.4, 0.5) is 5.69 Å². The molecule has 0 atom stereocenters. The molecule has 0 saturated heterocycles. The number of ether oxygens (including phenoxy) is 1. The number of methoxy groups -OCH3 is 1. The summed E-state index contributed by atoms with van der Waals surface area (Å²) in [6.45, 7) is 11.7. The molecule has 33 heavy (non-hydrogen) atoms. The average molecular weight is 450 g/mol. The minimum atomic E-state index is 0.137. The van der Waals surface area contributed by atoms with Gasteiger partial charge in [-0.05, 0) is 75.1 Å². The lowest BCUT2D eigenvalue weighted by Gasteiger charge is -2.27. The highest BCUT2D eigenvalue weighted by atomic mass is 16.5. The Hall–Kier alpha value is -2.88. The van der Waals surface area contributed by atoms with Crippen molar-refractivity contribution in [2.24, 2.45) is 11.8 Å². The van der Waals surface area contributed by atoms with Gasteiger partial charge in [0.2, 0.25) is 5.91 Å². The molecule has 1 N–H and O–H groups in total. The molecule has 1 fully saturated rings. The fourth-order valence-electron chi connectivity index (χ4n) is 4.54. The molecule has 0 unspecified atom stereocenters. The van der Waals surface area contributed by atoms with Crippen LogP contribution in [0.5, 0.6) is 5.75 Å². The Labute approximate surface area is 199 Å². The molecule has 2 aromatic rings. The molecule has 0 heterocycles. The Morgan fingerprint density at radius 3 is 2.33 bits per heavy atom. The highest BCUT2D eigenvalue weighted by Crippen LogP contribution is 2.32. The first-order chi connectivity index (χ1) is 15.8. The van der Waals surface area contributed by atoms with Gasteiger partial charge in [0.15, 0.2) is 5.78 Å². The summed E-state index contributed by atoms with van der Waals surface area (Å²) in [5.74, 6) is 1.99. The summed E-state index contributed by atoms with van der Waals surface area (Å²) in [6, 6.07) is 11.5. The number of ketones is 1. The van der Waals surface area contributed by atoms with E-state index < -0.39 is 0 Å². The van der Waals surface area contributed by atoms with E-state index in [2.05, 4.69) is 25.7 Å². The van der Waals surface area contributed by atoms with Crippen LogP contribution in [0.3, 0.4) is 0 Å². The molecule has 2 aromatic carbocycles. The van der Waals surface area contributed by atoms with Crippen LogP contribution < -0.4 is 10.1 Å². The Morgan fingerprint density at radius 2 is 1.82 bits per heavy atom. The molecule has 4 nitrogen and oxygen atoms in total. The number of benzene rings is 2. The first kappa shape index (κ1) is 26.4.